The van der Waals surface area contributed by atoms with Crippen LogP contribution in [0.1, 0.15) is 0 Å². The van der Waals surface area contributed by atoms with Gasteiger partial charge in [0.05, 0.1) is 0 Å². The highest BCUT2D eigenvalue weighted by atomic mass is 79.9. The molecule has 14 heavy (non-hydrogen) atoms. The molecule has 0 atom stereocenters. The SMILES string of the molecule is Bc1cc(Br)cc(-c2ccccc2)c1. The molecule has 0 N–H and O–H groups in total. The van der Waals surface area contributed by atoms with Gasteiger partial charge in [-0.1, -0.05) is 63.9 Å². The lowest BCUT2D eigenvalue weighted by atomic mass is 9.92. The summed E-state index contributed by atoms with van der Waals surface area (Å²) in [4.78, 5) is 0. The normalized spacial score (nSPS) is 10.1. The number of benzene rings is 2. The van der Waals surface area contributed by atoms with Crippen LogP contribution in [0.3, 0.4) is 0 Å². The Kier molecular flexibility index (Phi) is 2.73. The van der Waals surface area contributed by atoms with Crippen molar-refractivity contribution in [1.29, 1.82) is 0 Å². The van der Waals surface area contributed by atoms with E-state index in [1.807, 2.05) is 6.07 Å². The van der Waals surface area contributed by atoms with Gasteiger partial charge in [-0.15, -0.1) is 0 Å². The van der Waals surface area contributed by atoms with Crippen molar-refractivity contribution >= 4 is 29.2 Å². The smallest absolute Gasteiger partial charge is 0.0872 e. The molecule has 0 radical (unpaired) electrons. The second-order valence-corrected chi connectivity index (χ2v) is 4.30. The highest BCUT2D eigenvalue weighted by molar-refractivity contribution is 9.10. The molecule has 0 fully saturated rings. The maximum absolute atomic E-state index is 3.51. The molecule has 0 aliphatic heterocycles. The summed E-state index contributed by atoms with van der Waals surface area (Å²) in [6.45, 7) is 0. The summed E-state index contributed by atoms with van der Waals surface area (Å²) in [5.41, 5.74) is 3.80. The lowest BCUT2D eigenvalue weighted by molar-refractivity contribution is 1.62. The zero-order valence-corrected chi connectivity index (χ0v) is 9.58. The molecule has 0 unspecified atom stereocenters. The maximum Gasteiger partial charge on any atom is 0.139 e. The summed E-state index contributed by atoms with van der Waals surface area (Å²) in [5.74, 6) is 0. The fourth-order valence-corrected chi connectivity index (χ4v) is 2.14. The number of hydrogen-bond acceptors (Lipinski definition) is 0. The minimum atomic E-state index is 1.14. The Bertz CT molecular complexity index is 417. The largest absolute Gasteiger partial charge is 0.139 e. The van der Waals surface area contributed by atoms with Crippen LogP contribution in [0.4, 0.5) is 0 Å². The Balaban J connectivity index is 2.52. The quantitative estimate of drug-likeness (QED) is 0.676. The van der Waals surface area contributed by atoms with Crippen molar-refractivity contribution in [2.45, 2.75) is 0 Å². The van der Waals surface area contributed by atoms with Gasteiger partial charge >= 0.3 is 0 Å². The average Bonchev–Trinajstić information content (AvgIpc) is 2.18. The van der Waals surface area contributed by atoms with Crippen LogP contribution in [0.2, 0.25) is 0 Å². The van der Waals surface area contributed by atoms with Crippen LogP contribution in [-0.2, 0) is 0 Å². The van der Waals surface area contributed by atoms with Crippen molar-refractivity contribution in [3.63, 3.8) is 0 Å². The second kappa shape index (κ2) is 4.01. The first-order valence-electron chi connectivity index (χ1n) is 4.58. The molecule has 0 saturated carbocycles. The van der Waals surface area contributed by atoms with Crippen LogP contribution in [0, 0.1) is 0 Å². The molecule has 68 valence electrons. The number of hydrogen-bond donors (Lipinski definition) is 0. The van der Waals surface area contributed by atoms with Crippen LogP contribution in [0.5, 0.6) is 0 Å². The monoisotopic (exact) mass is 244 g/mol. The second-order valence-electron chi connectivity index (χ2n) is 3.38. The van der Waals surface area contributed by atoms with Gasteiger partial charge in [0.2, 0.25) is 0 Å². The van der Waals surface area contributed by atoms with Crippen molar-refractivity contribution in [3.8, 4) is 11.1 Å². The molecule has 0 spiro atoms. The van der Waals surface area contributed by atoms with E-state index in [0.29, 0.717) is 0 Å². The fourth-order valence-electron chi connectivity index (χ4n) is 1.53. The molecule has 0 nitrogen and oxygen atoms in total. The summed E-state index contributed by atoms with van der Waals surface area (Å²) in [6.07, 6.45) is 0. The summed E-state index contributed by atoms with van der Waals surface area (Å²) in [7, 11) is 2.11. The molecule has 2 heteroatoms. The molecular weight excluding hydrogens is 235 g/mol. The zero-order chi connectivity index (χ0) is 9.97. The van der Waals surface area contributed by atoms with Crippen molar-refractivity contribution in [3.05, 3.63) is 53.0 Å². The molecule has 0 bridgehead atoms. The van der Waals surface area contributed by atoms with Gasteiger partial charge in [0.1, 0.15) is 7.85 Å². The van der Waals surface area contributed by atoms with Crippen molar-refractivity contribution in [1.82, 2.24) is 0 Å². The summed E-state index contributed by atoms with van der Waals surface area (Å²) < 4.78 is 1.14. The molecule has 2 rings (SSSR count). The van der Waals surface area contributed by atoms with Gasteiger partial charge in [-0.3, -0.25) is 0 Å². The van der Waals surface area contributed by atoms with E-state index in [-0.39, 0.29) is 0 Å². The highest BCUT2D eigenvalue weighted by Crippen LogP contribution is 2.21. The lowest BCUT2D eigenvalue weighted by Crippen LogP contribution is -2.01. The standard InChI is InChI=1S/C12H10BBr/c13-11-6-10(7-12(14)8-11)9-4-2-1-3-5-9/h1-8H,13H2. The first kappa shape index (κ1) is 9.54. The van der Waals surface area contributed by atoms with E-state index in [4.69, 9.17) is 0 Å². The zero-order valence-electron chi connectivity index (χ0n) is 8.00. The van der Waals surface area contributed by atoms with E-state index >= 15 is 0 Å². The van der Waals surface area contributed by atoms with E-state index in [0.717, 1.165) is 4.47 Å². The Morgan fingerprint density at radius 3 is 2.21 bits per heavy atom. The minimum absolute atomic E-state index is 1.14. The number of rotatable bonds is 1. The van der Waals surface area contributed by atoms with E-state index in [1.54, 1.807) is 0 Å². The van der Waals surface area contributed by atoms with Crippen LogP contribution < -0.4 is 5.46 Å². The molecule has 0 amide bonds. The maximum atomic E-state index is 3.51. The van der Waals surface area contributed by atoms with Gasteiger partial charge in [-0.25, -0.2) is 0 Å². The molecule has 0 aromatic heterocycles. The highest BCUT2D eigenvalue weighted by Gasteiger charge is 1.98. The first-order chi connectivity index (χ1) is 6.75. The predicted octanol–water partition coefficient (Wildman–Crippen LogP) is 2.37. The summed E-state index contributed by atoms with van der Waals surface area (Å²) in [6, 6.07) is 16.9. The van der Waals surface area contributed by atoms with E-state index in [2.05, 4.69) is 66.2 Å². The van der Waals surface area contributed by atoms with Crippen LogP contribution >= 0.6 is 15.9 Å². The van der Waals surface area contributed by atoms with Gasteiger partial charge < -0.3 is 0 Å². The molecule has 0 saturated heterocycles. The van der Waals surface area contributed by atoms with Crippen LogP contribution in [0.25, 0.3) is 11.1 Å². The summed E-state index contributed by atoms with van der Waals surface area (Å²) >= 11 is 3.51. The summed E-state index contributed by atoms with van der Waals surface area (Å²) in [5, 5.41) is 0. The third-order valence-electron chi connectivity index (χ3n) is 2.15. The Hall–Kier alpha value is -1.02. The Labute approximate surface area is 93.5 Å². The van der Waals surface area contributed by atoms with Gasteiger partial charge in [0.25, 0.3) is 0 Å². The molecular formula is C12H10BBr. The van der Waals surface area contributed by atoms with E-state index < -0.39 is 0 Å². The third kappa shape index (κ3) is 2.07. The van der Waals surface area contributed by atoms with Crippen LogP contribution in [0.15, 0.2) is 53.0 Å². The van der Waals surface area contributed by atoms with E-state index in [1.165, 1.54) is 16.6 Å². The van der Waals surface area contributed by atoms with Gasteiger partial charge in [-0.2, -0.15) is 0 Å². The van der Waals surface area contributed by atoms with Crippen molar-refractivity contribution in [2.24, 2.45) is 0 Å². The van der Waals surface area contributed by atoms with Crippen molar-refractivity contribution in [2.75, 3.05) is 0 Å². The van der Waals surface area contributed by atoms with Gasteiger partial charge in [0, 0.05) is 4.47 Å². The Morgan fingerprint density at radius 2 is 1.57 bits per heavy atom. The predicted molar refractivity (Wildman–Crippen MR) is 67.8 cm³/mol. The average molecular weight is 245 g/mol. The topological polar surface area (TPSA) is 0 Å². The van der Waals surface area contributed by atoms with Crippen LogP contribution in [-0.4, -0.2) is 7.85 Å². The van der Waals surface area contributed by atoms with Gasteiger partial charge in [-0.05, 0) is 17.2 Å². The van der Waals surface area contributed by atoms with Crippen molar-refractivity contribution < 1.29 is 0 Å². The van der Waals surface area contributed by atoms with Gasteiger partial charge in [0.15, 0.2) is 0 Å². The lowest BCUT2D eigenvalue weighted by Gasteiger charge is -2.03. The molecule has 0 aliphatic rings. The fraction of sp³-hybridized carbons (Fsp3) is 0. The molecule has 2 aromatic carbocycles. The Morgan fingerprint density at radius 1 is 0.857 bits per heavy atom. The first-order valence-corrected chi connectivity index (χ1v) is 5.37. The third-order valence-corrected chi connectivity index (χ3v) is 2.61. The molecule has 0 heterocycles. The molecule has 2 aromatic rings. The van der Waals surface area contributed by atoms with E-state index in [9.17, 15) is 0 Å². The minimum Gasteiger partial charge on any atom is -0.0872 e. The number of halogens is 1. The molecule has 0 aliphatic carbocycles.